The van der Waals surface area contributed by atoms with Gasteiger partial charge in [0.2, 0.25) is 5.56 Å². The number of benzene rings is 1. The zero-order valence-electron chi connectivity index (χ0n) is 11.5. The van der Waals surface area contributed by atoms with E-state index in [2.05, 4.69) is 10.3 Å². The van der Waals surface area contributed by atoms with Gasteiger partial charge in [-0.15, -0.1) is 0 Å². The van der Waals surface area contributed by atoms with Crippen LogP contribution in [-0.2, 0) is 4.74 Å². The number of H-pyrrole nitrogens is 1. The molecule has 2 N–H and O–H groups in total. The summed E-state index contributed by atoms with van der Waals surface area (Å²) in [4.78, 5) is 38.4. The summed E-state index contributed by atoms with van der Waals surface area (Å²) in [5, 5.41) is 2.71. The SMILES string of the molecule is O=C(Nc1ccc(N2CCOC2=O)cc1)c1ccc(=O)[nH]c1. The van der Waals surface area contributed by atoms with Crippen LogP contribution in [0.25, 0.3) is 0 Å². The number of aromatic nitrogens is 1. The fourth-order valence-electron chi connectivity index (χ4n) is 2.11. The van der Waals surface area contributed by atoms with Gasteiger partial charge < -0.3 is 15.0 Å². The third kappa shape index (κ3) is 2.83. The Morgan fingerprint density at radius 1 is 1.14 bits per heavy atom. The molecule has 2 amide bonds. The lowest BCUT2D eigenvalue weighted by Crippen LogP contribution is -2.23. The molecular weight excluding hydrogens is 286 g/mol. The molecule has 1 fully saturated rings. The normalized spacial score (nSPS) is 13.8. The number of pyridine rings is 1. The molecule has 0 unspecified atom stereocenters. The molecule has 3 rings (SSSR count). The van der Waals surface area contributed by atoms with Gasteiger partial charge in [0.15, 0.2) is 0 Å². The molecule has 7 nitrogen and oxygen atoms in total. The molecule has 1 aliphatic rings. The quantitative estimate of drug-likeness (QED) is 0.900. The van der Waals surface area contributed by atoms with Crippen molar-refractivity contribution in [1.29, 1.82) is 0 Å². The lowest BCUT2D eigenvalue weighted by Gasteiger charge is -2.13. The van der Waals surface area contributed by atoms with Crippen molar-refractivity contribution in [1.82, 2.24) is 4.98 Å². The fourth-order valence-corrected chi connectivity index (χ4v) is 2.11. The van der Waals surface area contributed by atoms with E-state index in [-0.39, 0.29) is 17.6 Å². The Balaban J connectivity index is 1.70. The average molecular weight is 299 g/mol. The van der Waals surface area contributed by atoms with E-state index in [0.717, 1.165) is 0 Å². The predicted octanol–water partition coefficient (Wildman–Crippen LogP) is 1.58. The molecule has 1 aromatic carbocycles. The highest BCUT2D eigenvalue weighted by atomic mass is 16.6. The molecule has 0 aliphatic carbocycles. The van der Waals surface area contributed by atoms with Crippen molar-refractivity contribution in [2.45, 2.75) is 0 Å². The van der Waals surface area contributed by atoms with Crippen LogP contribution in [0.1, 0.15) is 10.4 Å². The maximum absolute atomic E-state index is 12.0. The highest BCUT2D eigenvalue weighted by molar-refractivity contribution is 6.04. The van der Waals surface area contributed by atoms with E-state index in [4.69, 9.17) is 4.74 Å². The lowest BCUT2D eigenvalue weighted by molar-refractivity contribution is 0.102. The number of ether oxygens (including phenoxy) is 1. The van der Waals surface area contributed by atoms with E-state index >= 15 is 0 Å². The van der Waals surface area contributed by atoms with Gasteiger partial charge in [-0.1, -0.05) is 0 Å². The van der Waals surface area contributed by atoms with Gasteiger partial charge in [0.1, 0.15) is 6.61 Å². The van der Waals surface area contributed by atoms with Crippen LogP contribution in [-0.4, -0.2) is 30.1 Å². The number of hydrogen-bond donors (Lipinski definition) is 2. The molecule has 7 heteroatoms. The van der Waals surface area contributed by atoms with Crippen LogP contribution in [0.2, 0.25) is 0 Å². The number of amides is 2. The first-order chi connectivity index (χ1) is 10.6. The Hall–Kier alpha value is -3.09. The average Bonchev–Trinajstić information content (AvgIpc) is 2.95. The zero-order chi connectivity index (χ0) is 15.5. The summed E-state index contributed by atoms with van der Waals surface area (Å²) in [7, 11) is 0. The Morgan fingerprint density at radius 3 is 2.50 bits per heavy atom. The van der Waals surface area contributed by atoms with E-state index in [1.807, 2.05) is 0 Å². The first-order valence-electron chi connectivity index (χ1n) is 6.68. The summed E-state index contributed by atoms with van der Waals surface area (Å²) in [6.45, 7) is 0.894. The number of nitrogens with zero attached hydrogens (tertiary/aromatic N) is 1. The predicted molar refractivity (Wildman–Crippen MR) is 80.2 cm³/mol. The van der Waals surface area contributed by atoms with Crippen LogP contribution in [0.5, 0.6) is 0 Å². The first kappa shape index (κ1) is 13.9. The molecule has 0 spiro atoms. The highest BCUT2D eigenvalue weighted by Gasteiger charge is 2.23. The zero-order valence-corrected chi connectivity index (χ0v) is 11.5. The molecule has 2 heterocycles. The summed E-state index contributed by atoms with van der Waals surface area (Å²) >= 11 is 0. The van der Waals surface area contributed by atoms with Crippen molar-refractivity contribution >= 4 is 23.4 Å². The number of hydrogen-bond acceptors (Lipinski definition) is 4. The van der Waals surface area contributed by atoms with E-state index in [1.165, 1.54) is 23.2 Å². The van der Waals surface area contributed by atoms with Crippen molar-refractivity contribution in [3.05, 3.63) is 58.5 Å². The Kier molecular flexibility index (Phi) is 3.61. The first-order valence-corrected chi connectivity index (χ1v) is 6.68. The topological polar surface area (TPSA) is 91.5 Å². The largest absolute Gasteiger partial charge is 0.447 e. The van der Waals surface area contributed by atoms with Gasteiger partial charge in [0, 0.05) is 23.6 Å². The van der Waals surface area contributed by atoms with Gasteiger partial charge in [-0.2, -0.15) is 0 Å². The molecule has 22 heavy (non-hydrogen) atoms. The number of aromatic amines is 1. The Bertz CT molecular complexity index is 747. The molecule has 0 radical (unpaired) electrons. The Labute approximate surface area is 125 Å². The third-order valence-electron chi connectivity index (χ3n) is 3.24. The van der Waals surface area contributed by atoms with Gasteiger partial charge in [0.25, 0.3) is 5.91 Å². The summed E-state index contributed by atoms with van der Waals surface area (Å²) < 4.78 is 4.87. The second-order valence-electron chi connectivity index (χ2n) is 4.71. The van der Waals surface area contributed by atoms with Crippen molar-refractivity contribution in [3.8, 4) is 0 Å². The highest BCUT2D eigenvalue weighted by Crippen LogP contribution is 2.21. The second-order valence-corrected chi connectivity index (χ2v) is 4.71. The minimum Gasteiger partial charge on any atom is -0.447 e. The third-order valence-corrected chi connectivity index (χ3v) is 3.24. The van der Waals surface area contributed by atoms with E-state index < -0.39 is 0 Å². The summed E-state index contributed by atoms with van der Waals surface area (Å²) in [6.07, 6.45) is 0.983. The number of rotatable bonds is 3. The summed E-state index contributed by atoms with van der Waals surface area (Å²) in [5.41, 5.74) is 1.39. The van der Waals surface area contributed by atoms with Gasteiger partial charge >= 0.3 is 6.09 Å². The molecular formula is C15H13N3O4. The van der Waals surface area contributed by atoms with Gasteiger partial charge in [-0.25, -0.2) is 4.79 Å². The molecule has 2 aromatic rings. The van der Waals surface area contributed by atoms with E-state index in [1.54, 1.807) is 24.3 Å². The molecule has 1 saturated heterocycles. The maximum atomic E-state index is 12.0. The number of cyclic esters (lactones) is 1. The van der Waals surface area contributed by atoms with Crippen LogP contribution >= 0.6 is 0 Å². The minimum atomic E-state index is -0.370. The number of carbonyl (C=O) groups excluding carboxylic acids is 2. The van der Waals surface area contributed by atoms with Crippen LogP contribution in [0.3, 0.4) is 0 Å². The molecule has 0 atom stereocenters. The van der Waals surface area contributed by atoms with Crippen LogP contribution < -0.4 is 15.8 Å². The van der Waals surface area contributed by atoms with Crippen molar-refractivity contribution in [2.24, 2.45) is 0 Å². The van der Waals surface area contributed by atoms with E-state index in [9.17, 15) is 14.4 Å². The minimum absolute atomic E-state index is 0.265. The second kappa shape index (κ2) is 5.72. The van der Waals surface area contributed by atoms with Gasteiger partial charge in [-0.05, 0) is 30.3 Å². The van der Waals surface area contributed by atoms with Crippen LogP contribution in [0.4, 0.5) is 16.2 Å². The number of carbonyl (C=O) groups is 2. The van der Waals surface area contributed by atoms with Crippen molar-refractivity contribution in [3.63, 3.8) is 0 Å². The maximum Gasteiger partial charge on any atom is 0.414 e. The van der Waals surface area contributed by atoms with E-state index in [0.29, 0.717) is 30.1 Å². The molecule has 0 bridgehead atoms. The van der Waals surface area contributed by atoms with Gasteiger partial charge in [0.05, 0.1) is 12.1 Å². The van der Waals surface area contributed by atoms with Crippen molar-refractivity contribution < 1.29 is 14.3 Å². The monoisotopic (exact) mass is 299 g/mol. The molecule has 0 saturated carbocycles. The molecule has 112 valence electrons. The smallest absolute Gasteiger partial charge is 0.414 e. The number of anilines is 2. The Morgan fingerprint density at radius 2 is 1.91 bits per heavy atom. The molecule has 1 aliphatic heterocycles. The van der Waals surface area contributed by atoms with Gasteiger partial charge in [-0.3, -0.25) is 14.5 Å². The lowest BCUT2D eigenvalue weighted by atomic mass is 10.2. The van der Waals surface area contributed by atoms with Crippen LogP contribution in [0, 0.1) is 0 Å². The molecule has 1 aromatic heterocycles. The fraction of sp³-hybridized carbons (Fsp3) is 0.133. The van der Waals surface area contributed by atoms with Crippen molar-refractivity contribution in [2.75, 3.05) is 23.4 Å². The summed E-state index contributed by atoms with van der Waals surface area (Å²) in [5.74, 6) is -0.329. The summed E-state index contributed by atoms with van der Waals surface area (Å²) in [6, 6.07) is 9.60. The van der Waals surface area contributed by atoms with Crippen LogP contribution in [0.15, 0.2) is 47.4 Å². The number of nitrogens with one attached hydrogen (secondary N) is 2. The standard InChI is InChI=1S/C15H13N3O4/c19-13-6-1-10(9-16-13)14(20)17-11-2-4-12(5-3-11)18-7-8-22-15(18)21/h1-6,9H,7-8H2,(H,16,19)(H,17,20).